The predicted octanol–water partition coefficient (Wildman–Crippen LogP) is 5.89. The van der Waals surface area contributed by atoms with Crippen molar-refractivity contribution in [2.24, 2.45) is 0 Å². The number of hydrogen-bond donors (Lipinski definition) is 0. The molecule has 0 amide bonds. The molecule has 0 atom stereocenters. The molecule has 0 unspecified atom stereocenters. The number of methoxy groups -OCH3 is 1. The van der Waals surface area contributed by atoms with E-state index in [-0.39, 0.29) is 28.9 Å². The Bertz CT molecular complexity index is 1620. The van der Waals surface area contributed by atoms with Crippen molar-refractivity contribution in [3.8, 4) is 0 Å². The number of hydrogen-bond acceptors (Lipinski definition) is 7. The molecule has 42 heavy (non-hydrogen) atoms. The molecule has 0 aliphatic carbocycles. The van der Waals surface area contributed by atoms with E-state index in [0.717, 1.165) is 10.9 Å². The Morgan fingerprint density at radius 3 is 1.83 bits per heavy atom. The highest BCUT2D eigenvalue weighted by molar-refractivity contribution is 7.97. The zero-order valence-electron chi connectivity index (χ0n) is 22.8. The summed E-state index contributed by atoms with van der Waals surface area (Å²) in [5.41, 5.74) is 0.819. The van der Waals surface area contributed by atoms with E-state index in [0.29, 0.717) is 0 Å². The van der Waals surface area contributed by atoms with Crippen molar-refractivity contribution < 1.29 is 40.8 Å². The molecule has 0 aliphatic rings. The Morgan fingerprint density at radius 2 is 1.36 bits per heavy atom. The molecule has 0 bridgehead atoms. The number of benzene rings is 4. The van der Waals surface area contributed by atoms with Gasteiger partial charge in [0, 0.05) is 11.0 Å². The maximum Gasteiger partial charge on any atom is 0.367 e. The quantitative estimate of drug-likeness (QED) is 0.100. The molecular weight excluding hydrogens is 586 g/mol. The van der Waals surface area contributed by atoms with Crippen LogP contribution in [-0.4, -0.2) is 43.9 Å². The molecule has 0 saturated heterocycles. The largest absolute Gasteiger partial charge is 0.743 e. The molecule has 0 radical (unpaired) electrons. The fourth-order valence-electron chi connectivity index (χ4n) is 3.74. The molecule has 0 aliphatic heterocycles. The lowest BCUT2D eigenvalue weighted by Gasteiger charge is -2.19. The zero-order chi connectivity index (χ0) is 30.9. The number of carbonyl (C=O) groups is 2. The van der Waals surface area contributed by atoms with Crippen LogP contribution in [0.1, 0.15) is 12.5 Å². The van der Waals surface area contributed by atoms with Crippen LogP contribution < -0.4 is 0 Å². The molecule has 4 aromatic rings. The van der Waals surface area contributed by atoms with Gasteiger partial charge in [0.25, 0.3) is 0 Å². The number of esters is 2. The maximum absolute atomic E-state index is 12.3. The minimum atomic E-state index is -5.81. The highest BCUT2D eigenvalue weighted by Gasteiger charge is 2.39. The summed E-state index contributed by atoms with van der Waals surface area (Å²) < 4.78 is 63.2. The number of halogens is 2. The fraction of sp³-hybridized carbons (Fsp3) is 0.161. The highest BCUT2D eigenvalue weighted by Crippen LogP contribution is 2.36. The lowest BCUT2D eigenvalue weighted by molar-refractivity contribution is -0.145. The van der Waals surface area contributed by atoms with Crippen molar-refractivity contribution in [1.82, 2.24) is 0 Å². The first kappa shape index (κ1) is 32.5. The van der Waals surface area contributed by atoms with E-state index in [1.165, 1.54) is 34.1 Å². The molecule has 220 valence electrons. The average Bonchev–Trinajstić information content (AvgIpc) is 2.98. The summed E-state index contributed by atoms with van der Waals surface area (Å²) in [5, 5.41) is -2.33. The third-order valence-electron chi connectivity index (χ3n) is 5.80. The van der Waals surface area contributed by atoms with Gasteiger partial charge in [-0.15, -0.1) is 0 Å². The summed E-state index contributed by atoms with van der Waals surface area (Å²) in [6.45, 7) is 2.46. The molecule has 4 rings (SSSR count). The average molecular weight is 615 g/mol. The van der Waals surface area contributed by atoms with E-state index in [2.05, 4.69) is 90.2 Å². The van der Waals surface area contributed by atoms with Gasteiger partial charge in [0.05, 0.1) is 24.4 Å². The van der Waals surface area contributed by atoms with E-state index in [4.69, 9.17) is 4.74 Å². The van der Waals surface area contributed by atoms with Gasteiger partial charge in [0.15, 0.2) is 31.4 Å². The first-order valence-corrected chi connectivity index (χ1v) is 15.1. The lowest BCUT2D eigenvalue weighted by Crippen LogP contribution is -2.34. The smallest absolute Gasteiger partial charge is 0.367 e. The first-order chi connectivity index (χ1) is 19.9. The van der Waals surface area contributed by atoms with Gasteiger partial charge in [-0.3, -0.25) is 4.79 Å². The van der Waals surface area contributed by atoms with E-state index < -0.39 is 27.9 Å². The first-order valence-electron chi connectivity index (χ1n) is 12.4. The second kappa shape index (κ2) is 14.2. The van der Waals surface area contributed by atoms with Gasteiger partial charge in [0.1, 0.15) is 0 Å². The van der Waals surface area contributed by atoms with Crippen molar-refractivity contribution in [3.63, 3.8) is 0 Å². The Balaban J connectivity index is 0.000000295. The van der Waals surface area contributed by atoms with E-state index >= 15 is 0 Å². The van der Waals surface area contributed by atoms with Crippen LogP contribution in [0.2, 0.25) is 0 Å². The summed E-state index contributed by atoms with van der Waals surface area (Å²) in [4.78, 5) is 26.3. The van der Waals surface area contributed by atoms with Gasteiger partial charge >= 0.3 is 17.2 Å². The van der Waals surface area contributed by atoms with E-state index in [1.54, 1.807) is 0 Å². The SMILES string of the molecule is C=C(C)C(=O)OCC(F)(F)S(=O)(=O)[O-].COC(=O)Cc1ccc([S+](c2ccccc2)c2ccccc2)c2ccccc12. The maximum atomic E-state index is 12.3. The normalized spacial score (nSPS) is 11.4. The zero-order valence-corrected chi connectivity index (χ0v) is 24.4. The van der Waals surface area contributed by atoms with E-state index in [9.17, 15) is 31.3 Å². The molecule has 0 aromatic heterocycles. The monoisotopic (exact) mass is 614 g/mol. The van der Waals surface area contributed by atoms with Crippen LogP contribution in [0, 0.1) is 0 Å². The number of rotatable bonds is 9. The van der Waals surface area contributed by atoms with Gasteiger partial charge in [-0.25, -0.2) is 13.2 Å². The highest BCUT2D eigenvalue weighted by atomic mass is 32.2. The number of alkyl halides is 2. The van der Waals surface area contributed by atoms with Gasteiger partial charge in [-0.05, 0) is 54.3 Å². The van der Waals surface area contributed by atoms with Crippen LogP contribution in [0.15, 0.2) is 124 Å². The van der Waals surface area contributed by atoms with Crippen molar-refractivity contribution in [1.29, 1.82) is 0 Å². The molecule has 0 heterocycles. The molecule has 4 aromatic carbocycles. The number of ether oxygens (including phenoxy) is 2. The number of fused-ring (bicyclic) bond motifs is 1. The van der Waals surface area contributed by atoms with Crippen molar-refractivity contribution >= 4 is 43.7 Å². The molecule has 7 nitrogen and oxygen atoms in total. The Hall–Kier alpha value is -4.06. The van der Waals surface area contributed by atoms with Crippen LogP contribution in [-0.2, 0) is 46.5 Å². The van der Waals surface area contributed by atoms with Gasteiger partial charge in [0.2, 0.25) is 0 Å². The van der Waals surface area contributed by atoms with Crippen molar-refractivity contribution in [2.75, 3.05) is 13.7 Å². The molecule has 0 spiro atoms. The molecule has 0 fully saturated rings. The Labute approximate surface area is 245 Å². The third-order valence-corrected chi connectivity index (χ3v) is 8.93. The summed E-state index contributed by atoms with van der Waals surface area (Å²) >= 11 is 0. The summed E-state index contributed by atoms with van der Waals surface area (Å²) in [6.07, 6.45) is 0.280. The van der Waals surface area contributed by atoms with Crippen LogP contribution in [0.3, 0.4) is 0 Å². The topological polar surface area (TPSA) is 110 Å². The molecule has 0 N–H and O–H groups in total. The van der Waals surface area contributed by atoms with Gasteiger partial charge in [-0.1, -0.05) is 67.2 Å². The Morgan fingerprint density at radius 1 is 0.857 bits per heavy atom. The lowest BCUT2D eigenvalue weighted by atomic mass is 10.0. The minimum absolute atomic E-state index is 0.177. The summed E-state index contributed by atoms with van der Waals surface area (Å²) in [6, 6.07) is 33.8. The van der Waals surface area contributed by atoms with Crippen molar-refractivity contribution in [3.05, 3.63) is 115 Å². The summed E-state index contributed by atoms with van der Waals surface area (Å²) in [7, 11) is -4.61. The standard InChI is InChI=1S/C25H21O2S.C6H8F2O5S/c1-27-25(26)18-19-16-17-24(23-15-9-8-14-22(19)23)28(20-10-4-2-5-11-20)21-12-6-3-7-13-21;1-4(2)5(9)13-3-6(7,8)14(10,11)12/h2-17H,18H2,1H3;1,3H2,2H3,(H,10,11,12)/q+1;/p-1. The molecule has 0 saturated carbocycles. The molecular formula is C31H28F2O7S2. The Kier molecular flexibility index (Phi) is 11.0. The predicted molar refractivity (Wildman–Crippen MR) is 155 cm³/mol. The van der Waals surface area contributed by atoms with Crippen molar-refractivity contribution in [2.45, 2.75) is 33.3 Å². The summed E-state index contributed by atoms with van der Waals surface area (Å²) in [5.74, 6) is -1.41. The van der Waals surface area contributed by atoms with Crippen LogP contribution in [0.5, 0.6) is 0 Å². The van der Waals surface area contributed by atoms with E-state index in [1.807, 2.05) is 18.2 Å². The number of carbonyl (C=O) groups excluding carboxylic acids is 2. The van der Waals surface area contributed by atoms with Gasteiger partial charge < -0.3 is 14.0 Å². The van der Waals surface area contributed by atoms with Crippen LogP contribution >= 0.6 is 0 Å². The minimum Gasteiger partial charge on any atom is -0.743 e. The second-order valence-electron chi connectivity index (χ2n) is 8.90. The van der Waals surface area contributed by atoms with Gasteiger partial charge in [-0.2, -0.15) is 8.78 Å². The fourth-order valence-corrected chi connectivity index (χ4v) is 6.19. The van der Waals surface area contributed by atoms with Crippen LogP contribution in [0.25, 0.3) is 10.8 Å². The molecule has 11 heteroatoms. The third kappa shape index (κ3) is 8.25. The van der Waals surface area contributed by atoms with Crippen LogP contribution in [0.4, 0.5) is 8.78 Å². The second-order valence-corrected chi connectivity index (χ2v) is 12.4.